The standard InChI is InChI=1S/C15H25NO/c1-12(2)9-15(16-10-13(3)11-17)14-7-5-4-6-8-14/h4-8,12-13,15-17H,9-11H2,1-3H3. The number of aliphatic hydroxyl groups excluding tert-OH is 1. The highest BCUT2D eigenvalue weighted by Gasteiger charge is 2.13. The Labute approximate surface area is 105 Å². The van der Waals surface area contributed by atoms with E-state index in [2.05, 4.69) is 50.4 Å². The van der Waals surface area contributed by atoms with Gasteiger partial charge >= 0.3 is 0 Å². The third kappa shape index (κ3) is 5.33. The maximum atomic E-state index is 9.06. The highest BCUT2D eigenvalue weighted by molar-refractivity contribution is 5.18. The molecule has 0 heterocycles. The van der Waals surface area contributed by atoms with Crippen LogP contribution >= 0.6 is 0 Å². The first kappa shape index (κ1) is 14.2. The van der Waals surface area contributed by atoms with Gasteiger partial charge in [-0.15, -0.1) is 0 Å². The predicted octanol–water partition coefficient (Wildman–Crippen LogP) is 2.99. The maximum Gasteiger partial charge on any atom is 0.0468 e. The number of hydrogen-bond donors (Lipinski definition) is 2. The van der Waals surface area contributed by atoms with Crippen molar-refractivity contribution in [3.63, 3.8) is 0 Å². The molecule has 0 saturated heterocycles. The van der Waals surface area contributed by atoms with Gasteiger partial charge in [-0.1, -0.05) is 51.1 Å². The molecule has 0 aliphatic carbocycles. The van der Waals surface area contributed by atoms with Crippen LogP contribution in [0.3, 0.4) is 0 Å². The van der Waals surface area contributed by atoms with E-state index in [0.29, 0.717) is 17.9 Å². The van der Waals surface area contributed by atoms with E-state index in [9.17, 15) is 0 Å². The summed E-state index contributed by atoms with van der Waals surface area (Å²) in [6.07, 6.45) is 1.13. The minimum absolute atomic E-state index is 0.246. The number of rotatable bonds is 7. The molecule has 2 atom stereocenters. The average molecular weight is 235 g/mol. The third-order valence-corrected chi connectivity index (χ3v) is 2.93. The fraction of sp³-hybridized carbons (Fsp3) is 0.600. The molecule has 1 rings (SSSR count). The van der Waals surface area contributed by atoms with Crippen molar-refractivity contribution in [1.29, 1.82) is 0 Å². The zero-order valence-electron chi connectivity index (χ0n) is 11.2. The van der Waals surface area contributed by atoms with Crippen molar-refractivity contribution in [1.82, 2.24) is 5.32 Å². The highest BCUT2D eigenvalue weighted by Crippen LogP contribution is 2.21. The van der Waals surface area contributed by atoms with E-state index >= 15 is 0 Å². The molecule has 17 heavy (non-hydrogen) atoms. The lowest BCUT2D eigenvalue weighted by atomic mass is 9.96. The van der Waals surface area contributed by atoms with Gasteiger partial charge in [0.2, 0.25) is 0 Å². The molecule has 0 spiro atoms. The van der Waals surface area contributed by atoms with Crippen LogP contribution in [-0.2, 0) is 0 Å². The smallest absolute Gasteiger partial charge is 0.0468 e. The number of nitrogens with one attached hydrogen (secondary N) is 1. The maximum absolute atomic E-state index is 9.06. The number of aliphatic hydroxyl groups is 1. The lowest BCUT2D eigenvalue weighted by Gasteiger charge is -2.22. The Morgan fingerprint density at radius 1 is 1.12 bits per heavy atom. The van der Waals surface area contributed by atoms with E-state index in [1.54, 1.807) is 0 Å². The van der Waals surface area contributed by atoms with E-state index in [4.69, 9.17) is 5.11 Å². The molecule has 1 aromatic rings. The molecule has 2 nitrogen and oxygen atoms in total. The van der Waals surface area contributed by atoms with Crippen LogP contribution < -0.4 is 5.32 Å². The second-order valence-electron chi connectivity index (χ2n) is 5.29. The molecule has 2 unspecified atom stereocenters. The zero-order chi connectivity index (χ0) is 12.7. The summed E-state index contributed by atoms with van der Waals surface area (Å²) in [7, 11) is 0. The lowest BCUT2D eigenvalue weighted by molar-refractivity contribution is 0.228. The Kier molecular flexibility index (Phi) is 6.23. The van der Waals surface area contributed by atoms with Crippen molar-refractivity contribution in [3.05, 3.63) is 35.9 Å². The molecule has 0 saturated carbocycles. The molecule has 0 fully saturated rings. The number of hydrogen-bond acceptors (Lipinski definition) is 2. The van der Waals surface area contributed by atoms with Gasteiger partial charge in [0.25, 0.3) is 0 Å². The molecule has 0 aromatic heterocycles. The van der Waals surface area contributed by atoms with E-state index in [1.807, 2.05) is 6.07 Å². The average Bonchev–Trinajstić information content (AvgIpc) is 2.34. The Morgan fingerprint density at radius 2 is 1.76 bits per heavy atom. The predicted molar refractivity (Wildman–Crippen MR) is 72.9 cm³/mol. The summed E-state index contributed by atoms with van der Waals surface area (Å²) in [5, 5.41) is 12.6. The molecule has 0 bridgehead atoms. The number of benzene rings is 1. The largest absolute Gasteiger partial charge is 0.396 e. The molecular formula is C15H25NO. The van der Waals surface area contributed by atoms with E-state index in [1.165, 1.54) is 5.56 Å². The summed E-state index contributed by atoms with van der Waals surface area (Å²) < 4.78 is 0. The van der Waals surface area contributed by atoms with Crippen molar-refractivity contribution in [2.45, 2.75) is 33.2 Å². The molecule has 0 amide bonds. The summed E-state index contributed by atoms with van der Waals surface area (Å²) in [6.45, 7) is 7.66. The molecule has 2 heteroatoms. The summed E-state index contributed by atoms with van der Waals surface area (Å²) in [5.74, 6) is 0.977. The van der Waals surface area contributed by atoms with Crippen molar-refractivity contribution < 1.29 is 5.11 Å². The van der Waals surface area contributed by atoms with Crippen LogP contribution in [0.5, 0.6) is 0 Å². The van der Waals surface area contributed by atoms with Gasteiger partial charge in [0, 0.05) is 19.2 Å². The lowest BCUT2D eigenvalue weighted by Crippen LogP contribution is -2.28. The highest BCUT2D eigenvalue weighted by atomic mass is 16.3. The Morgan fingerprint density at radius 3 is 2.29 bits per heavy atom. The van der Waals surface area contributed by atoms with Gasteiger partial charge in [-0.25, -0.2) is 0 Å². The van der Waals surface area contributed by atoms with Gasteiger partial charge in [-0.3, -0.25) is 0 Å². The van der Waals surface area contributed by atoms with Gasteiger partial charge in [0.15, 0.2) is 0 Å². The minimum atomic E-state index is 0.246. The van der Waals surface area contributed by atoms with Crippen LogP contribution in [0.4, 0.5) is 0 Å². The van der Waals surface area contributed by atoms with Gasteiger partial charge in [0.1, 0.15) is 0 Å². The quantitative estimate of drug-likeness (QED) is 0.761. The molecule has 0 radical (unpaired) electrons. The van der Waals surface area contributed by atoms with Crippen LogP contribution in [0.1, 0.15) is 38.8 Å². The third-order valence-electron chi connectivity index (χ3n) is 2.93. The first-order valence-corrected chi connectivity index (χ1v) is 6.52. The second kappa shape index (κ2) is 7.46. The zero-order valence-corrected chi connectivity index (χ0v) is 11.2. The summed E-state index contributed by atoms with van der Waals surface area (Å²) >= 11 is 0. The topological polar surface area (TPSA) is 32.3 Å². The van der Waals surface area contributed by atoms with Gasteiger partial charge in [-0.05, 0) is 23.8 Å². The Hall–Kier alpha value is -0.860. The van der Waals surface area contributed by atoms with Crippen molar-refractivity contribution in [2.75, 3.05) is 13.2 Å². The molecule has 0 aliphatic rings. The SMILES string of the molecule is CC(C)CC(NCC(C)CO)c1ccccc1. The summed E-state index contributed by atoms with van der Waals surface area (Å²) in [5.41, 5.74) is 1.34. The van der Waals surface area contributed by atoms with Crippen molar-refractivity contribution in [2.24, 2.45) is 11.8 Å². The van der Waals surface area contributed by atoms with Gasteiger partial charge in [0.05, 0.1) is 0 Å². The van der Waals surface area contributed by atoms with Crippen LogP contribution in [0, 0.1) is 11.8 Å². The first-order chi connectivity index (χ1) is 8.13. The fourth-order valence-electron chi connectivity index (χ4n) is 1.90. The van der Waals surface area contributed by atoms with E-state index in [0.717, 1.165) is 13.0 Å². The van der Waals surface area contributed by atoms with Crippen molar-refractivity contribution in [3.8, 4) is 0 Å². The van der Waals surface area contributed by atoms with Crippen LogP contribution in [0.2, 0.25) is 0 Å². The Balaban J connectivity index is 2.61. The summed E-state index contributed by atoms with van der Waals surface area (Å²) in [6, 6.07) is 10.9. The van der Waals surface area contributed by atoms with Gasteiger partial charge < -0.3 is 10.4 Å². The fourth-order valence-corrected chi connectivity index (χ4v) is 1.90. The van der Waals surface area contributed by atoms with Crippen LogP contribution in [0.25, 0.3) is 0 Å². The Bertz CT molecular complexity index is 297. The normalized spacial score (nSPS) is 14.9. The molecule has 2 N–H and O–H groups in total. The first-order valence-electron chi connectivity index (χ1n) is 6.52. The molecule has 96 valence electrons. The van der Waals surface area contributed by atoms with E-state index < -0.39 is 0 Å². The monoisotopic (exact) mass is 235 g/mol. The molecule has 1 aromatic carbocycles. The van der Waals surface area contributed by atoms with Gasteiger partial charge in [-0.2, -0.15) is 0 Å². The minimum Gasteiger partial charge on any atom is -0.396 e. The molecule has 0 aliphatic heterocycles. The second-order valence-corrected chi connectivity index (χ2v) is 5.29. The molecular weight excluding hydrogens is 210 g/mol. The summed E-state index contributed by atoms with van der Waals surface area (Å²) in [4.78, 5) is 0. The van der Waals surface area contributed by atoms with Crippen molar-refractivity contribution >= 4 is 0 Å². The van der Waals surface area contributed by atoms with Crippen LogP contribution in [0.15, 0.2) is 30.3 Å². The van der Waals surface area contributed by atoms with Crippen LogP contribution in [-0.4, -0.2) is 18.3 Å². The van der Waals surface area contributed by atoms with E-state index in [-0.39, 0.29) is 6.61 Å².